The molecule has 0 fully saturated rings. The van der Waals surface area contributed by atoms with Crippen molar-refractivity contribution in [2.75, 3.05) is 5.75 Å². The molecule has 0 bridgehead atoms. The smallest absolute Gasteiger partial charge is 0.366 e. The van der Waals surface area contributed by atoms with Crippen LogP contribution in [0.4, 0.5) is 13.2 Å². The largest absolute Gasteiger partial charge is 0.398 e. The molecule has 0 unspecified atom stereocenters. The maximum absolute atomic E-state index is 11.9. The minimum absolute atomic E-state index is 0.117. The molecule has 0 saturated carbocycles. The summed E-state index contributed by atoms with van der Waals surface area (Å²) in [7, 11) is 0. The molecule has 0 aliphatic carbocycles. The van der Waals surface area contributed by atoms with Crippen molar-refractivity contribution in [3.8, 4) is 0 Å². The number of rotatable bonds is 3. The van der Waals surface area contributed by atoms with E-state index < -0.39 is 17.8 Å². The summed E-state index contributed by atoms with van der Waals surface area (Å²) < 4.78 is 35.8. The first-order chi connectivity index (χ1) is 6.90. The van der Waals surface area contributed by atoms with E-state index in [2.05, 4.69) is 0 Å². The number of nitrogens with two attached hydrogens (primary N) is 1. The summed E-state index contributed by atoms with van der Waals surface area (Å²) in [6.45, 7) is 0. The number of benzene rings is 1. The van der Waals surface area contributed by atoms with Crippen LogP contribution >= 0.6 is 11.8 Å². The number of alkyl halides is 3. The van der Waals surface area contributed by atoms with Gasteiger partial charge in [-0.15, -0.1) is 11.8 Å². The lowest BCUT2D eigenvalue weighted by atomic mass is 10.2. The first-order valence-corrected chi connectivity index (χ1v) is 4.97. The van der Waals surface area contributed by atoms with Crippen molar-refractivity contribution in [1.29, 1.82) is 0 Å². The Morgan fingerprint density at radius 2 is 1.93 bits per heavy atom. The second kappa shape index (κ2) is 4.57. The number of primary amides is 1. The molecule has 15 heavy (non-hydrogen) atoms. The number of hydrogen-bond acceptors (Lipinski definition) is 2. The zero-order valence-electron chi connectivity index (χ0n) is 7.54. The molecule has 1 aromatic rings. The van der Waals surface area contributed by atoms with Crippen LogP contribution in [0.25, 0.3) is 0 Å². The fourth-order valence-corrected chi connectivity index (χ4v) is 1.77. The van der Waals surface area contributed by atoms with Crippen molar-refractivity contribution in [3.05, 3.63) is 29.8 Å². The Bertz CT molecular complexity index is 365. The van der Waals surface area contributed by atoms with Crippen molar-refractivity contribution < 1.29 is 18.0 Å². The van der Waals surface area contributed by atoms with E-state index in [1.165, 1.54) is 12.1 Å². The van der Waals surface area contributed by atoms with Crippen LogP contribution in [0.15, 0.2) is 29.2 Å². The van der Waals surface area contributed by atoms with Gasteiger partial charge in [-0.1, -0.05) is 12.1 Å². The molecular weight excluding hydrogens is 227 g/mol. The predicted octanol–water partition coefficient (Wildman–Crippen LogP) is 2.44. The van der Waals surface area contributed by atoms with Crippen LogP contribution in [0.2, 0.25) is 0 Å². The lowest BCUT2D eigenvalue weighted by Crippen LogP contribution is -2.14. The topological polar surface area (TPSA) is 43.1 Å². The van der Waals surface area contributed by atoms with Crippen LogP contribution in [-0.2, 0) is 0 Å². The number of thioether (sulfide) groups is 1. The van der Waals surface area contributed by atoms with Crippen LogP contribution < -0.4 is 5.73 Å². The van der Waals surface area contributed by atoms with Crippen molar-refractivity contribution in [3.63, 3.8) is 0 Å². The normalized spacial score (nSPS) is 11.4. The monoisotopic (exact) mass is 235 g/mol. The highest BCUT2D eigenvalue weighted by atomic mass is 32.2. The van der Waals surface area contributed by atoms with E-state index in [0.717, 1.165) is 0 Å². The van der Waals surface area contributed by atoms with E-state index >= 15 is 0 Å². The van der Waals surface area contributed by atoms with Crippen molar-refractivity contribution >= 4 is 17.7 Å². The maximum Gasteiger partial charge on any atom is 0.398 e. The second-order valence-corrected chi connectivity index (χ2v) is 3.78. The van der Waals surface area contributed by atoms with Gasteiger partial charge in [0.15, 0.2) is 0 Å². The molecule has 1 rings (SSSR count). The molecule has 0 heterocycles. The average molecular weight is 235 g/mol. The zero-order valence-corrected chi connectivity index (χ0v) is 8.36. The highest BCUT2D eigenvalue weighted by Gasteiger charge is 2.27. The van der Waals surface area contributed by atoms with Gasteiger partial charge in [0.25, 0.3) is 0 Å². The molecule has 6 heteroatoms. The van der Waals surface area contributed by atoms with Gasteiger partial charge in [-0.25, -0.2) is 0 Å². The van der Waals surface area contributed by atoms with Crippen LogP contribution in [-0.4, -0.2) is 17.8 Å². The molecular formula is C9H8F3NOS. The van der Waals surface area contributed by atoms with Gasteiger partial charge in [-0.2, -0.15) is 13.2 Å². The van der Waals surface area contributed by atoms with Crippen molar-refractivity contribution in [1.82, 2.24) is 0 Å². The summed E-state index contributed by atoms with van der Waals surface area (Å²) in [6, 6.07) is 5.96. The first kappa shape index (κ1) is 11.9. The lowest BCUT2D eigenvalue weighted by molar-refractivity contribution is -0.105. The highest BCUT2D eigenvalue weighted by molar-refractivity contribution is 7.99. The molecule has 0 radical (unpaired) electrons. The molecule has 0 saturated heterocycles. The number of carbonyl (C=O) groups excluding carboxylic acids is 1. The molecule has 0 atom stereocenters. The van der Waals surface area contributed by atoms with E-state index in [4.69, 9.17) is 5.73 Å². The number of halogens is 3. The highest BCUT2D eigenvalue weighted by Crippen LogP contribution is 2.29. The summed E-state index contributed by atoms with van der Waals surface area (Å²) in [6.07, 6.45) is -4.25. The third-order valence-corrected chi connectivity index (χ3v) is 2.68. The van der Waals surface area contributed by atoms with Crippen LogP contribution in [0.5, 0.6) is 0 Å². The quantitative estimate of drug-likeness (QED) is 0.818. The van der Waals surface area contributed by atoms with E-state index in [9.17, 15) is 18.0 Å². The number of hydrogen-bond donors (Lipinski definition) is 1. The maximum atomic E-state index is 11.9. The van der Waals surface area contributed by atoms with Crippen LogP contribution in [0.1, 0.15) is 10.4 Å². The molecule has 2 nitrogen and oxygen atoms in total. The van der Waals surface area contributed by atoms with Gasteiger partial charge < -0.3 is 5.73 Å². The number of carbonyl (C=O) groups is 1. The Labute approximate surface area is 88.6 Å². The average Bonchev–Trinajstić information content (AvgIpc) is 2.14. The summed E-state index contributed by atoms with van der Waals surface area (Å²) in [4.78, 5) is 11.1. The zero-order chi connectivity index (χ0) is 11.5. The Morgan fingerprint density at radius 3 is 2.47 bits per heavy atom. The molecule has 2 N–H and O–H groups in total. The fourth-order valence-electron chi connectivity index (χ4n) is 0.956. The fraction of sp³-hybridized carbons (Fsp3) is 0.222. The van der Waals surface area contributed by atoms with E-state index in [1.807, 2.05) is 0 Å². The molecule has 0 aromatic heterocycles. The van der Waals surface area contributed by atoms with Crippen LogP contribution in [0.3, 0.4) is 0 Å². The minimum atomic E-state index is -4.25. The first-order valence-electron chi connectivity index (χ1n) is 3.98. The molecule has 1 amide bonds. The van der Waals surface area contributed by atoms with Crippen molar-refractivity contribution in [2.45, 2.75) is 11.1 Å². The number of amides is 1. The Kier molecular flexibility index (Phi) is 3.62. The molecule has 1 aromatic carbocycles. The summed E-state index contributed by atoms with van der Waals surface area (Å²) in [5.74, 6) is -1.75. The Balaban J connectivity index is 2.81. The van der Waals surface area contributed by atoms with Gasteiger partial charge in [0.2, 0.25) is 5.91 Å². The summed E-state index contributed by atoms with van der Waals surface area (Å²) >= 11 is 0.556. The Hall–Kier alpha value is -1.17. The van der Waals surface area contributed by atoms with E-state index in [1.54, 1.807) is 12.1 Å². The molecule has 0 aliphatic heterocycles. The van der Waals surface area contributed by atoms with Gasteiger partial charge in [0, 0.05) is 4.90 Å². The van der Waals surface area contributed by atoms with E-state index in [-0.39, 0.29) is 10.5 Å². The van der Waals surface area contributed by atoms with Gasteiger partial charge in [0.1, 0.15) is 0 Å². The summed E-state index contributed by atoms with van der Waals surface area (Å²) in [5.41, 5.74) is 5.14. The van der Waals surface area contributed by atoms with E-state index in [0.29, 0.717) is 11.8 Å². The second-order valence-electron chi connectivity index (χ2n) is 2.76. The minimum Gasteiger partial charge on any atom is -0.366 e. The third-order valence-electron chi connectivity index (χ3n) is 1.54. The molecule has 0 spiro atoms. The van der Waals surface area contributed by atoms with Crippen LogP contribution in [0, 0.1) is 0 Å². The SMILES string of the molecule is NC(=O)c1ccccc1SCC(F)(F)F. The van der Waals surface area contributed by atoms with Crippen molar-refractivity contribution in [2.24, 2.45) is 5.73 Å². The lowest BCUT2D eigenvalue weighted by Gasteiger charge is -2.08. The standard InChI is InChI=1S/C9H8F3NOS/c10-9(11,12)5-15-7-4-2-1-3-6(7)8(13)14/h1-4H,5H2,(H2,13,14). The molecule has 82 valence electrons. The van der Waals surface area contributed by atoms with Gasteiger partial charge in [-0.05, 0) is 12.1 Å². The summed E-state index contributed by atoms with van der Waals surface area (Å²) in [5, 5.41) is 0. The molecule has 0 aliphatic rings. The predicted molar refractivity (Wildman–Crippen MR) is 51.7 cm³/mol. The third kappa shape index (κ3) is 3.83. The van der Waals surface area contributed by atoms with Gasteiger partial charge in [0.05, 0.1) is 11.3 Å². The van der Waals surface area contributed by atoms with Gasteiger partial charge in [-0.3, -0.25) is 4.79 Å². The van der Waals surface area contributed by atoms with Gasteiger partial charge >= 0.3 is 6.18 Å². The Morgan fingerprint density at radius 1 is 1.33 bits per heavy atom.